The molecule has 0 saturated heterocycles. The van der Waals surface area contributed by atoms with Crippen LogP contribution in [0.15, 0.2) is 30.3 Å². The van der Waals surface area contributed by atoms with Crippen LogP contribution >= 0.6 is 0 Å². The molecule has 0 saturated carbocycles. The summed E-state index contributed by atoms with van der Waals surface area (Å²) in [4.78, 5) is 33.8. The van der Waals surface area contributed by atoms with Gasteiger partial charge in [0.25, 0.3) is 0 Å². The quantitative estimate of drug-likeness (QED) is 0.430. The van der Waals surface area contributed by atoms with Gasteiger partial charge < -0.3 is 15.2 Å². The van der Waals surface area contributed by atoms with Crippen LogP contribution in [0.4, 0.5) is 29.3 Å². The Balaban J connectivity index is 2.82. The number of aromatic hydroxyl groups is 1. The lowest BCUT2D eigenvalue weighted by atomic mass is 9.94. The summed E-state index contributed by atoms with van der Waals surface area (Å²) in [5.41, 5.74) is -3.20. The number of carbonyl (C=O) groups excluding carboxylic acids is 3. The molecule has 4 N–H and O–H groups in total. The standard InChI is InChI=1S/C19H16F3N3O5/c1-9(27)24-10-3-4-11(14(5-10)19(20,21)22)12-6-13(15(23)8-26)17(28)7-16(12)25-18(29)30-2/h3-8,23,28H,1-2H3,(H,24,27)(H,25,29). The van der Waals surface area contributed by atoms with E-state index in [4.69, 9.17) is 5.41 Å². The van der Waals surface area contributed by atoms with Crippen LogP contribution < -0.4 is 10.6 Å². The molecule has 2 rings (SSSR count). The highest BCUT2D eigenvalue weighted by Crippen LogP contribution is 2.42. The highest BCUT2D eigenvalue weighted by atomic mass is 19.4. The lowest BCUT2D eigenvalue weighted by Gasteiger charge is -2.19. The van der Waals surface area contributed by atoms with Gasteiger partial charge in [0.2, 0.25) is 5.91 Å². The second kappa shape index (κ2) is 8.64. The summed E-state index contributed by atoms with van der Waals surface area (Å²) in [5, 5.41) is 22.1. The lowest BCUT2D eigenvalue weighted by Crippen LogP contribution is -2.14. The number of phenols is 1. The molecule has 0 unspecified atom stereocenters. The van der Waals surface area contributed by atoms with Gasteiger partial charge in [0, 0.05) is 29.8 Å². The van der Waals surface area contributed by atoms with Crippen molar-refractivity contribution in [2.24, 2.45) is 0 Å². The molecule has 2 aromatic carbocycles. The molecule has 0 atom stereocenters. The second-order valence-corrected chi connectivity index (χ2v) is 6.00. The van der Waals surface area contributed by atoms with Gasteiger partial charge in [-0.15, -0.1) is 0 Å². The van der Waals surface area contributed by atoms with Crippen molar-refractivity contribution in [3.05, 3.63) is 41.5 Å². The van der Waals surface area contributed by atoms with E-state index < -0.39 is 40.8 Å². The first-order valence-corrected chi connectivity index (χ1v) is 8.23. The Labute approximate surface area is 168 Å². The van der Waals surface area contributed by atoms with E-state index >= 15 is 0 Å². The minimum absolute atomic E-state index is 0.108. The number of nitrogens with one attached hydrogen (secondary N) is 3. The van der Waals surface area contributed by atoms with Crippen molar-refractivity contribution in [2.45, 2.75) is 13.1 Å². The molecule has 0 aliphatic heterocycles. The summed E-state index contributed by atoms with van der Waals surface area (Å²) in [5.74, 6) is -1.18. The molecule has 0 bridgehead atoms. The largest absolute Gasteiger partial charge is 0.507 e. The number of carbonyl (C=O) groups is 3. The van der Waals surface area contributed by atoms with Crippen molar-refractivity contribution in [3.63, 3.8) is 0 Å². The van der Waals surface area contributed by atoms with Crippen LogP contribution in [0.25, 0.3) is 11.1 Å². The minimum Gasteiger partial charge on any atom is -0.507 e. The average molecular weight is 423 g/mol. The Morgan fingerprint density at radius 2 is 1.80 bits per heavy atom. The minimum atomic E-state index is -4.86. The van der Waals surface area contributed by atoms with Gasteiger partial charge in [0.15, 0.2) is 6.29 Å². The summed E-state index contributed by atoms with van der Waals surface area (Å²) >= 11 is 0. The van der Waals surface area contributed by atoms with Gasteiger partial charge in [-0.2, -0.15) is 13.2 Å². The predicted molar refractivity (Wildman–Crippen MR) is 102 cm³/mol. The third kappa shape index (κ3) is 4.93. The summed E-state index contributed by atoms with van der Waals surface area (Å²) < 4.78 is 45.7. The highest BCUT2D eigenvalue weighted by molar-refractivity contribution is 6.35. The zero-order chi connectivity index (χ0) is 22.6. The van der Waals surface area contributed by atoms with Gasteiger partial charge in [-0.1, -0.05) is 6.07 Å². The van der Waals surface area contributed by atoms with E-state index in [9.17, 15) is 32.7 Å². The molecule has 0 aliphatic carbocycles. The van der Waals surface area contributed by atoms with Crippen molar-refractivity contribution in [1.29, 1.82) is 5.41 Å². The number of rotatable bonds is 5. The molecule has 158 valence electrons. The number of anilines is 2. The molecule has 0 radical (unpaired) electrons. The van der Waals surface area contributed by atoms with Crippen LogP contribution in [0.2, 0.25) is 0 Å². The number of hydrogen-bond donors (Lipinski definition) is 4. The first-order valence-electron chi connectivity index (χ1n) is 8.23. The molecule has 11 heteroatoms. The fraction of sp³-hybridized carbons (Fsp3) is 0.158. The number of halogens is 3. The van der Waals surface area contributed by atoms with Crippen LogP contribution in [-0.4, -0.2) is 36.2 Å². The van der Waals surface area contributed by atoms with Gasteiger partial charge in [0.1, 0.15) is 11.5 Å². The van der Waals surface area contributed by atoms with Crippen LogP contribution in [0.3, 0.4) is 0 Å². The fourth-order valence-electron chi connectivity index (χ4n) is 2.65. The van der Waals surface area contributed by atoms with E-state index in [2.05, 4.69) is 15.4 Å². The normalized spacial score (nSPS) is 10.8. The maximum Gasteiger partial charge on any atom is 0.417 e. The number of ether oxygens (including phenoxy) is 1. The van der Waals surface area contributed by atoms with Gasteiger partial charge in [0.05, 0.1) is 18.4 Å². The third-order valence-corrected chi connectivity index (χ3v) is 3.90. The zero-order valence-corrected chi connectivity index (χ0v) is 15.7. The maximum atomic E-state index is 13.7. The Hall–Kier alpha value is -3.89. The van der Waals surface area contributed by atoms with E-state index in [0.29, 0.717) is 6.07 Å². The number of hydrogen-bond acceptors (Lipinski definition) is 6. The number of aldehydes is 1. The summed E-state index contributed by atoms with van der Waals surface area (Å²) in [6.45, 7) is 1.14. The molecule has 2 amide bonds. The SMILES string of the molecule is COC(=O)Nc1cc(O)c(C(=N)C=O)cc1-c1ccc(NC(C)=O)cc1C(F)(F)F. The van der Waals surface area contributed by atoms with Crippen LogP contribution in [-0.2, 0) is 20.5 Å². The lowest BCUT2D eigenvalue weighted by molar-refractivity contribution is -0.137. The number of phenolic OH excluding ortho intramolecular Hbond substituents is 1. The van der Waals surface area contributed by atoms with Crippen molar-refractivity contribution in [1.82, 2.24) is 0 Å². The molecule has 8 nitrogen and oxygen atoms in total. The molecule has 0 aliphatic rings. The molecule has 0 heterocycles. The number of amides is 2. The third-order valence-electron chi connectivity index (χ3n) is 3.90. The summed E-state index contributed by atoms with van der Waals surface area (Å²) in [7, 11) is 1.04. The van der Waals surface area contributed by atoms with Crippen molar-refractivity contribution >= 4 is 35.4 Å². The molecular weight excluding hydrogens is 407 g/mol. The first kappa shape index (κ1) is 22.4. The van der Waals surface area contributed by atoms with Crippen molar-refractivity contribution < 1.29 is 37.4 Å². The monoisotopic (exact) mass is 423 g/mol. The Morgan fingerprint density at radius 3 is 2.33 bits per heavy atom. The summed E-state index contributed by atoms with van der Waals surface area (Å²) in [6.07, 6.45) is -5.77. The molecule has 0 fully saturated rings. The van der Waals surface area contributed by atoms with Crippen molar-refractivity contribution in [3.8, 4) is 16.9 Å². The Morgan fingerprint density at radius 1 is 1.13 bits per heavy atom. The fourth-order valence-corrected chi connectivity index (χ4v) is 2.65. The van der Waals surface area contributed by atoms with E-state index in [1.54, 1.807) is 0 Å². The molecule has 2 aromatic rings. The average Bonchev–Trinajstić information content (AvgIpc) is 2.66. The maximum absolute atomic E-state index is 13.7. The van der Waals surface area contributed by atoms with E-state index in [1.807, 2.05) is 0 Å². The van der Waals surface area contributed by atoms with E-state index in [-0.39, 0.29) is 28.8 Å². The first-order chi connectivity index (χ1) is 14.0. The smallest absolute Gasteiger partial charge is 0.417 e. The van der Waals surface area contributed by atoms with Gasteiger partial charge >= 0.3 is 12.3 Å². The molecule has 0 spiro atoms. The van der Waals surface area contributed by atoms with Crippen molar-refractivity contribution in [2.75, 3.05) is 17.7 Å². The van der Waals surface area contributed by atoms with Crippen LogP contribution in [0.1, 0.15) is 18.1 Å². The van der Waals surface area contributed by atoms with E-state index in [1.165, 1.54) is 6.07 Å². The zero-order valence-electron chi connectivity index (χ0n) is 15.7. The number of benzene rings is 2. The highest BCUT2D eigenvalue weighted by Gasteiger charge is 2.35. The Bertz CT molecular complexity index is 1030. The second-order valence-electron chi connectivity index (χ2n) is 6.00. The van der Waals surface area contributed by atoms with Crippen LogP contribution in [0.5, 0.6) is 5.75 Å². The molecular formula is C19H16F3N3O5. The van der Waals surface area contributed by atoms with Gasteiger partial charge in [-0.25, -0.2) is 4.79 Å². The van der Waals surface area contributed by atoms with E-state index in [0.717, 1.165) is 32.2 Å². The molecule has 30 heavy (non-hydrogen) atoms. The predicted octanol–water partition coefficient (Wildman–Crippen LogP) is 3.78. The van der Waals surface area contributed by atoms with Gasteiger partial charge in [-0.05, 0) is 23.8 Å². The van der Waals surface area contributed by atoms with Crippen LogP contribution in [0, 0.1) is 5.41 Å². The number of alkyl halides is 3. The van der Waals surface area contributed by atoms with Gasteiger partial charge in [-0.3, -0.25) is 20.3 Å². The Kier molecular flexibility index (Phi) is 6.45. The molecule has 0 aromatic heterocycles. The number of methoxy groups -OCH3 is 1. The summed E-state index contributed by atoms with van der Waals surface area (Å²) in [6, 6.07) is 4.85. The topological polar surface area (TPSA) is 129 Å².